The van der Waals surface area contributed by atoms with Crippen LogP contribution in [0, 0.1) is 0 Å². The highest BCUT2D eigenvalue weighted by Gasteiger charge is 2.09. The number of ether oxygens (including phenoxy) is 2. The van der Waals surface area contributed by atoms with Gasteiger partial charge in [-0.15, -0.1) is 0 Å². The van der Waals surface area contributed by atoms with Gasteiger partial charge in [-0.1, -0.05) is 0 Å². The van der Waals surface area contributed by atoms with Crippen molar-refractivity contribution >= 4 is 29.5 Å². The third-order valence-corrected chi connectivity index (χ3v) is 1.75. The maximum atomic E-state index is 11.0. The zero-order chi connectivity index (χ0) is 12.8. The van der Waals surface area contributed by atoms with E-state index < -0.39 is 12.2 Å². The number of aromatic nitrogens is 1. The van der Waals surface area contributed by atoms with Gasteiger partial charge in [-0.3, -0.25) is 10.6 Å². The zero-order valence-electron chi connectivity index (χ0n) is 9.31. The van der Waals surface area contributed by atoms with E-state index in [4.69, 9.17) is 5.73 Å². The lowest BCUT2D eigenvalue weighted by Crippen LogP contribution is -2.16. The molecule has 0 radical (unpaired) electrons. The summed E-state index contributed by atoms with van der Waals surface area (Å²) in [4.78, 5) is 25.8. The van der Waals surface area contributed by atoms with Gasteiger partial charge >= 0.3 is 12.2 Å². The molecule has 0 saturated carbocycles. The van der Waals surface area contributed by atoms with Gasteiger partial charge < -0.3 is 15.2 Å². The summed E-state index contributed by atoms with van der Waals surface area (Å²) in [7, 11) is 2.43. The summed E-state index contributed by atoms with van der Waals surface area (Å²) >= 11 is 0. The number of nitrogen functional groups attached to an aromatic ring is 1. The van der Waals surface area contributed by atoms with Gasteiger partial charge in [0.15, 0.2) is 5.82 Å². The van der Waals surface area contributed by atoms with Gasteiger partial charge in [0.25, 0.3) is 0 Å². The molecule has 0 aliphatic carbocycles. The number of hydrogen-bond donors (Lipinski definition) is 3. The number of pyridine rings is 1. The molecule has 0 unspecified atom stereocenters. The predicted octanol–water partition coefficient (Wildman–Crippen LogP) is 1.02. The topological polar surface area (TPSA) is 116 Å². The predicted molar refractivity (Wildman–Crippen MR) is 60.7 cm³/mol. The maximum absolute atomic E-state index is 11.0. The number of nitrogens with zero attached hydrogens (tertiary/aromatic N) is 1. The van der Waals surface area contributed by atoms with E-state index >= 15 is 0 Å². The fourth-order valence-electron chi connectivity index (χ4n) is 0.943. The van der Waals surface area contributed by atoms with Gasteiger partial charge in [0.05, 0.1) is 19.9 Å². The van der Waals surface area contributed by atoms with Gasteiger partial charge in [0.2, 0.25) is 0 Å². The van der Waals surface area contributed by atoms with Crippen molar-refractivity contribution < 1.29 is 19.1 Å². The lowest BCUT2D eigenvalue weighted by atomic mass is 10.4. The molecule has 1 aromatic heterocycles. The number of nitrogens with one attached hydrogen (secondary N) is 2. The third kappa shape index (κ3) is 3.52. The molecule has 8 heteroatoms. The molecular formula is C9H12N4O4. The molecule has 0 saturated heterocycles. The fraction of sp³-hybridized carbons (Fsp3) is 0.222. The van der Waals surface area contributed by atoms with Gasteiger partial charge in [-0.05, 0) is 12.1 Å². The van der Waals surface area contributed by atoms with E-state index in [1.54, 1.807) is 0 Å². The SMILES string of the molecule is COC(=O)Nc1ccc(N)c(NC(=O)OC)n1. The van der Waals surface area contributed by atoms with Crippen LogP contribution in [0.4, 0.5) is 26.9 Å². The summed E-state index contributed by atoms with van der Waals surface area (Å²) < 4.78 is 8.79. The summed E-state index contributed by atoms with van der Waals surface area (Å²) in [6.07, 6.45) is -1.38. The fourth-order valence-corrected chi connectivity index (χ4v) is 0.943. The normalized spacial score (nSPS) is 9.29. The number of hydrogen-bond acceptors (Lipinski definition) is 6. The number of amides is 2. The highest BCUT2D eigenvalue weighted by atomic mass is 16.5. The third-order valence-electron chi connectivity index (χ3n) is 1.75. The Balaban J connectivity index is 2.86. The second-order valence-corrected chi connectivity index (χ2v) is 2.87. The van der Waals surface area contributed by atoms with Crippen molar-refractivity contribution in [3.8, 4) is 0 Å². The minimum absolute atomic E-state index is 0.0887. The highest BCUT2D eigenvalue weighted by molar-refractivity contribution is 5.89. The summed E-state index contributed by atoms with van der Waals surface area (Å²) in [6.45, 7) is 0. The monoisotopic (exact) mass is 240 g/mol. The van der Waals surface area contributed by atoms with E-state index in [0.29, 0.717) is 0 Å². The molecule has 2 amide bonds. The molecule has 0 aliphatic rings. The molecule has 0 aromatic carbocycles. The number of nitrogens with two attached hydrogens (primary N) is 1. The first kappa shape index (κ1) is 12.6. The molecule has 1 aromatic rings. The zero-order valence-corrected chi connectivity index (χ0v) is 9.31. The molecule has 0 fully saturated rings. The van der Waals surface area contributed by atoms with Crippen LogP contribution in [0.15, 0.2) is 12.1 Å². The van der Waals surface area contributed by atoms with E-state index in [1.807, 2.05) is 0 Å². The Bertz CT molecular complexity index is 435. The van der Waals surface area contributed by atoms with Crippen LogP contribution in [0.5, 0.6) is 0 Å². The Morgan fingerprint density at radius 1 is 1.18 bits per heavy atom. The van der Waals surface area contributed by atoms with Crippen LogP contribution in [0.3, 0.4) is 0 Å². The number of carbonyl (C=O) groups excluding carboxylic acids is 2. The van der Waals surface area contributed by atoms with Crippen LogP contribution in [0.25, 0.3) is 0 Å². The number of rotatable bonds is 2. The van der Waals surface area contributed by atoms with Gasteiger partial charge in [0.1, 0.15) is 5.82 Å². The van der Waals surface area contributed by atoms with Gasteiger partial charge in [0, 0.05) is 0 Å². The molecule has 4 N–H and O–H groups in total. The molecule has 1 rings (SSSR count). The second kappa shape index (κ2) is 5.54. The standard InChI is InChI=1S/C9H12N4O4/c1-16-8(14)12-6-4-3-5(10)7(11-6)13-9(15)17-2/h3-4H,10H2,1-2H3,(H2,11,12,13,14,15). The summed E-state index contributed by atoms with van der Waals surface area (Å²) in [5.41, 5.74) is 5.82. The van der Waals surface area contributed by atoms with Crippen LogP contribution < -0.4 is 16.4 Å². The first-order valence-electron chi connectivity index (χ1n) is 4.53. The van der Waals surface area contributed by atoms with E-state index in [-0.39, 0.29) is 17.3 Å². The van der Waals surface area contributed by atoms with Crippen molar-refractivity contribution in [1.82, 2.24) is 4.98 Å². The lowest BCUT2D eigenvalue weighted by molar-refractivity contribution is 0.186. The van der Waals surface area contributed by atoms with Crippen LogP contribution >= 0.6 is 0 Å². The average Bonchev–Trinajstić information content (AvgIpc) is 2.33. The van der Waals surface area contributed by atoms with E-state index in [0.717, 1.165) is 0 Å². The van der Waals surface area contributed by atoms with Crippen LogP contribution in [0.2, 0.25) is 0 Å². The van der Waals surface area contributed by atoms with Crippen molar-refractivity contribution in [3.05, 3.63) is 12.1 Å². The Kier molecular flexibility index (Phi) is 4.09. The molecule has 8 nitrogen and oxygen atoms in total. The molecular weight excluding hydrogens is 228 g/mol. The molecule has 0 atom stereocenters. The van der Waals surface area contributed by atoms with Crippen molar-refractivity contribution in [3.63, 3.8) is 0 Å². The molecule has 17 heavy (non-hydrogen) atoms. The summed E-state index contributed by atoms with van der Waals surface area (Å²) in [5.74, 6) is 0.281. The average molecular weight is 240 g/mol. The van der Waals surface area contributed by atoms with Crippen molar-refractivity contribution in [2.24, 2.45) is 0 Å². The lowest BCUT2D eigenvalue weighted by Gasteiger charge is -2.08. The van der Waals surface area contributed by atoms with E-state index in [2.05, 4.69) is 25.1 Å². The van der Waals surface area contributed by atoms with Crippen LogP contribution in [0.1, 0.15) is 0 Å². The second-order valence-electron chi connectivity index (χ2n) is 2.87. The first-order chi connectivity index (χ1) is 8.06. The number of anilines is 3. The quantitative estimate of drug-likeness (QED) is 0.710. The van der Waals surface area contributed by atoms with E-state index in [9.17, 15) is 9.59 Å². The first-order valence-corrected chi connectivity index (χ1v) is 4.53. The Hall–Kier alpha value is -2.51. The Morgan fingerprint density at radius 2 is 1.76 bits per heavy atom. The molecule has 0 aliphatic heterocycles. The molecule has 1 heterocycles. The molecule has 0 spiro atoms. The number of methoxy groups -OCH3 is 2. The van der Waals surface area contributed by atoms with Crippen LogP contribution in [-0.4, -0.2) is 31.4 Å². The van der Waals surface area contributed by atoms with E-state index in [1.165, 1.54) is 26.4 Å². The number of carbonyl (C=O) groups is 2. The highest BCUT2D eigenvalue weighted by Crippen LogP contribution is 2.18. The largest absolute Gasteiger partial charge is 0.453 e. The van der Waals surface area contributed by atoms with Gasteiger partial charge in [-0.2, -0.15) is 0 Å². The minimum atomic E-state index is -0.709. The smallest absolute Gasteiger partial charge is 0.412 e. The van der Waals surface area contributed by atoms with Crippen molar-refractivity contribution in [2.45, 2.75) is 0 Å². The molecule has 0 bridgehead atoms. The van der Waals surface area contributed by atoms with Crippen LogP contribution in [-0.2, 0) is 9.47 Å². The van der Waals surface area contributed by atoms with Gasteiger partial charge in [-0.25, -0.2) is 14.6 Å². The molecule has 92 valence electrons. The van der Waals surface area contributed by atoms with Crippen molar-refractivity contribution in [1.29, 1.82) is 0 Å². The summed E-state index contributed by atoms with van der Waals surface area (Å²) in [6, 6.07) is 2.94. The minimum Gasteiger partial charge on any atom is -0.453 e. The van der Waals surface area contributed by atoms with Crippen molar-refractivity contribution in [2.75, 3.05) is 30.6 Å². The maximum Gasteiger partial charge on any atom is 0.412 e. The Morgan fingerprint density at radius 3 is 2.35 bits per heavy atom. The Labute approximate surface area is 97.1 Å². The summed E-state index contributed by atoms with van der Waals surface area (Å²) in [5, 5.41) is 4.63.